The lowest BCUT2D eigenvalue weighted by Gasteiger charge is -2.20. The van der Waals surface area contributed by atoms with Crippen molar-refractivity contribution in [1.29, 1.82) is 0 Å². The van der Waals surface area contributed by atoms with E-state index in [0.717, 1.165) is 4.31 Å². The van der Waals surface area contributed by atoms with E-state index in [0.29, 0.717) is 19.5 Å². The van der Waals surface area contributed by atoms with Crippen molar-refractivity contribution in [3.8, 4) is 0 Å². The van der Waals surface area contributed by atoms with Crippen LogP contribution in [-0.2, 0) is 14.0 Å². The van der Waals surface area contributed by atoms with Crippen molar-refractivity contribution in [3.63, 3.8) is 0 Å². The topological polar surface area (TPSA) is 75.7 Å². The van der Waals surface area contributed by atoms with Gasteiger partial charge in [0.25, 0.3) is 9.24 Å². The molecule has 0 aliphatic carbocycles. The number of alkyl carbamates (subject to hydrolysis) is 1. The summed E-state index contributed by atoms with van der Waals surface area (Å²) in [5.41, 5.74) is -0.543. The lowest BCUT2D eigenvalue weighted by atomic mass is 10.2. The fourth-order valence-electron chi connectivity index (χ4n) is 1.18. The molecule has 0 aliphatic heterocycles. The van der Waals surface area contributed by atoms with Crippen LogP contribution in [0.3, 0.4) is 0 Å². The molecule has 0 aromatic heterocycles. The molecule has 0 rings (SSSR count). The minimum Gasteiger partial charge on any atom is -0.444 e. The molecule has 1 N–H and O–H groups in total. The summed E-state index contributed by atoms with van der Waals surface area (Å²) in [5.74, 6) is 0. The largest absolute Gasteiger partial charge is 0.444 e. The Morgan fingerprint density at radius 3 is 2.33 bits per heavy atom. The summed E-state index contributed by atoms with van der Waals surface area (Å²) in [6, 6.07) is 0. The van der Waals surface area contributed by atoms with Crippen molar-refractivity contribution in [3.05, 3.63) is 0 Å². The van der Waals surface area contributed by atoms with E-state index in [9.17, 15) is 13.2 Å². The predicted octanol–water partition coefficient (Wildman–Crippen LogP) is 1.71. The van der Waals surface area contributed by atoms with Gasteiger partial charge in [0, 0.05) is 30.3 Å². The number of carbonyl (C=O) groups is 1. The van der Waals surface area contributed by atoms with Crippen LogP contribution in [0.15, 0.2) is 0 Å². The molecule has 0 bridgehead atoms. The predicted molar refractivity (Wildman–Crippen MR) is 70.9 cm³/mol. The van der Waals surface area contributed by atoms with Crippen molar-refractivity contribution in [2.24, 2.45) is 0 Å². The first-order valence-electron chi connectivity index (χ1n) is 5.73. The van der Waals surface area contributed by atoms with Crippen molar-refractivity contribution in [1.82, 2.24) is 9.62 Å². The zero-order chi connectivity index (χ0) is 14.4. The van der Waals surface area contributed by atoms with E-state index in [2.05, 4.69) is 5.32 Å². The van der Waals surface area contributed by atoms with E-state index in [1.165, 1.54) is 0 Å². The maximum atomic E-state index is 11.3. The molecule has 8 heteroatoms. The molecule has 0 radical (unpaired) electrons. The van der Waals surface area contributed by atoms with Gasteiger partial charge in [0.2, 0.25) is 0 Å². The molecule has 1 amide bonds. The number of amides is 1. The van der Waals surface area contributed by atoms with E-state index in [1.807, 2.05) is 0 Å². The van der Waals surface area contributed by atoms with E-state index in [-0.39, 0.29) is 6.54 Å². The van der Waals surface area contributed by atoms with Crippen LogP contribution in [0.1, 0.15) is 34.1 Å². The molecule has 0 saturated carbocycles. The lowest BCUT2D eigenvalue weighted by Crippen LogP contribution is -2.35. The van der Waals surface area contributed by atoms with E-state index in [4.69, 9.17) is 15.4 Å². The highest BCUT2D eigenvalue weighted by Crippen LogP contribution is 2.07. The van der Waals surface area contributed by atoms with Gasteiger partial charge in [-0.3, -0.25) is 0 Å². The highest BCUT2D eigenvalue weighted by molar-refractivity contribution is 8.11. The van der Waals surface area contributed by atoms with Gasteiger partial charge < -0.3 is 10.1 Å². The van der Waals surface area contributed by atoms with Crippen LogP contribution in [0, 0.1) is 0 Å². The maximum Gasteiger partial charge on any atom is 0.407 e. The highest BCUT2D eigenvalue weighted by atomic mass is 35.7. The SMILES string of the molecule is CCN(CCCNC(=O)OC(C)(C)C)S(=O)(=O)Cl. The Morgan fingerprint density at radius 1 is 1.39 bits per heavy atom. The molecular formula is C10H21ClN2O4S. The molecule has 0 atom stereocenters. The number of hydrogen-bond acceptors (Lipinski definition) is 4. The van der Waals surface area contributed by atoms with Gasteiger partial charge in [-0.15, -0.1) is 0 Å². The number of nitrogens with one attached hydrogen (secondary N) is 1. The number of halogens is 1. The Labute approximate surface area is 113 Å². The molecule has 0 aliphatic rings. The Kier molecular flexibility index (Phi) is 6.94. The van der Waals surface area contributed by atoms with Crippen molar-refractivity contribution in [2.75, 3.05) is 19.6 Å². The number of carbonyl (C=O) groups excluding carboxylic acids is 1. The molecule has 0 aromatic carbocycles. The average molecular weight is 301 g/mol. The molecule has 0 fully saturated rings. The van der Waals surface area contributed by atoms with Crippen LogP contribution in [0.25, 0.3) is 0 Å². The van der Waals surface area contributed by atoms with Gasteiger partial charge in [0.05, 0.1) is 0 Å². The van der Waals surface area contributed by atoms with Crippen LogP contribution in [0.2, 0.25) is 0 Å². The van der Waals surface area contributed by atoms with Crippen molar-refractivity contribution >= 4 is 26.0 Å². The second-order valence-corrected chi connectivity index (χ2v) is 7.23. The van der Waals surface area contributed by atoms with Gasteiger partial charge >= 0.3 is 6.09 Å². The third-order valence-corrected chi connectivity index (χ3v) is 3.56. The third kappa shape index (κ3) is 8.54. The molecule has 0 spiro atoms. The quantitative estimate of drug-likeness (QED) is 0.598. The molecule has 108 valence electrons. The Hall–Kier alpha value is -0.530. The van der Waals surface area contributed by atoms with E-state index < -0.39 is 20.9 Å². The Morgan fingerprint density at radius 2 is 1.94 bits per heavy atom. The fraction of sp³-hybridized carbons (Fsp3) is 0.900. The van der Waals surface area contributed by atoms with Gasteiger partial charge in [-0.25, -0.2) is 4.79 Å². The van der Waals surface area contributed by atoms with Crippen LogP contribution in [-0.4, -0.2) is 44.1 Å². The smallest absolute Gasteiger partial charge is 0.407 e. The van der Waals surface area contributed by atoms with Gasteiger partial charge in [-0.2, -0.15) is 12.7 Å². The zero-order valence-corrected chi connectivity index (χ0v) is 12.8. The monoisotopic (exact) mass is 300 g/mol. The summed E-state index contributed by atoms with van der Waals surface area (Å²) in [4.78, 5) is 11.3. The first-order valence-corrected chi connectivity index (χ1v) is 7.99. The fourth-order valence-corrected chi connectivity index (χ4v) is 2.34. The zero-order valence-electron chi connectivity index (χ0n) is 11.2. The number of ether oxygens (including phenoxy) is 1. The molecule has 18 heavy (non-hydrogen) atoms. The summed E-state index contributed by atoms with van der Waals surface area (Å²) in [7, 11) is 1.53. The standard InChI is InChI=1S/C10H21ClN2O4S/c1-5-13(18(11,15)16)8-6-7-12-9(14)17-10(2,3)4/h5-8H2,1-4H3,(H,12,14). The van der Waals surface area contributed by atoms with Crippen LogP contribution >= 0.6 is 10.7 Å². The lowest BCUT2D eigenvalue weighted by molar-refractivity contribution is 0.0527. The second-order valence-electron chi connectivity index (χ2n) is 4.72. The normalized spacial score (nSPS) is 12.6. The van der Waals surface area contributed by atoms with Gasteiger partial charge in [0.15, 0.2) is 0 Å². The molecule has 0 aromatic rings. The van der Waals surface area contributed by atoms with E-state index in [1.54, 1.807) is 27.7 Å². The summed E-state index contributed by atoms with van der Waals surface area (Å²) in [6.45, 7) is 7.90. The van der Waals surface area contributed by atoms with Gasteiger partial charge in [-0.1, -0.05) is 6.92 Å². The molecule has 0 heterocycles. The Balaban J connectivity index is 3.90. The molecule has 0 saturated heterocycles. The van der Waals surface area contributed by atoms with Crippen LogP contribution < -0.4 is 5.32 Å². The summed E-state index contributed by atoms with van der Waals surface area (Å²) >= 11 is 0. The number of nitrogens with zero attached hydrogens (tertiary/aromatic N) is 1. The summed E-state index contributed by atoms with van der Waals surface area (Å²) < 4.78 is 28.3. The van der Waals surface area contributed by atoms with Crippen molar-refractivity contribution in [2.45, 2.75) is 39.7 Å². The summed E-state index contributed by atoms with van der Waals surface area (Å²) in [5, 5.41) is 2.54. The Bertz CT molecular complexity index is 365. The second kappa shape index (κ2) is 7.16. The van der Waals surface area contributed by atoms with Crippen LogP contribution in [0.4, 0.5) is 4.79 Å². The first-order chi connectivity index (χ1) is 8.06. The average Bonchev–Trinajstić information content (AvgIpc) is 2.12. The highest BCUT2D eigenvalue weighted by Gasteiger charge is 2.17. The van der Waals surface area contributed by atoms with Crippen molar-refractivity contribution < 1.29 is 17.9 Å². The maximum absolute atomic E-state index is 11.3. The first kappa shape index (κ1) is 17.5. The van der Waals surface area contributed by atoms with E-state index >= 15 is 0 Å². The third-order valence-electron chi connectivity index (χ3n) is 1.91. The number of rotatable bonds is 6. The summed E-state index contributed by atoms with van der Waals surface area (Å²) in [6.07, 6.45) is -0.0433. The molecule has 0 unspecified atom stereocenters. The molecular weight excluding hydrogens is 280 g/mol. The minimum atomic E-state index is -3.68. The van der Waals surface area contributed by atoms with Crippen LogP contribution in [0.5, 0.6) is 0 Å². The van der Waals surface area contributed by atoms with Gasteiger partial charge in [-0.05, 0) is 27.2 Å². The minimum absolute atomic E-state index is 0.262. The number of hydrogen-bond donors (Lipinski definition) is 1. The van der Waals surface area contributed by atoms with Gasteiger partial charge in [0.1, 0.15) is 5.60 Å². The molecule has 6 nitrogen and oxygen atoms in total.